The molecule has 0 aliphatic rings. The van der Waals surface area contributed by atoms with Crippen LogP contribution in [-0.2, 0) is 11.2 Å². The van der Waals surface area contributed by atoms with Crippen LogP contribution >= 0.6 is 11.3 Å². The van der Waals surface area contributed by atoms with Crippen molar-refractivity contribution in [2.75, 3.05) is 0 Å². The molecule has 3 heteroatoms. The Morgan fingerprint density at radius 1 is 1.18 bits per heavy atom. The van der Waals surface area contributed by atoms with E-state index in [0.29, 0.717) is 12.8 Å². The summed E-state index contributed by atoms with van der Waals surface area (Å²) in [5.74, 6) is 0.198. The van der Waals surface area contributed by atoms with Gasteiger partial charge in [-0.3, -0.25) is 4.79 Å². The molecule has 0 saturated carbocycles. The van der Waals surface area contributed by atoms with Gasteiger partial charge in [0.15, 0.2) is 0 Å². The van der Waals surface area contributed by atoms with Crippen LogP contribution in [-0.4, -0.2) is 5.78 Å². The molecule has 0 aliphatic heterocycles. The maximum atomic E-state index is 11.8. The summed E-state index contributed by atoms with van der Waals surface area (Å²) in [6.45, 7) is 0. The van der Waals surface area contributed by atoms with Crippen molar-refractivity contribution in [1.82, 2.24) is 0 Å². The third-order valence-corrected chi connectivity index (χ3v) is 3.50. The summed E-state index contributed by atoms with van der Waals surface area (Å²) in [7, 11) is 0. The quantitative estimate of drug-likeness (QED) is 0.880. The standard InChI is InChI=1S/C14H15NOS/c15-14(11-5-2-1-3-6-11)10-12(16)9-13-7-4-8-17-13/h1-8,14H,9-10,15H2. The number of rotatable bonds is 5. The molecule has 1 atom stereocenters. The molecule has 1 aromatic heterocycles. The fourth-order valence-electron chi connectivity index (χ4n) is 1.74. The minimum atomic E-state index is -0.191. The first-order chi connectivity index (χ1) is 8.25. The summed E-state index contributed by atoms with van der Waals surface area (Å²) in [5.41, 5.74) is 7.03. The second-order valence-corrected chi connectivity index (χ2v) is 5.05. The minimum absolute atomic E-state index is 0.191. The number of Topliss-reactive ketones (excluding diaryl/α,β-unsaturated/α-hetero) is 1. The smallest absolute Gasteiger partial charge is 0.139 e. The molecular formula is C14H15NOS. The molecule has 0 amide bonds. The third-order valence-electron chi connectivity index (χ3n) is 2.63. The zero-order valence-corrected chi connectivity index (χ0v) is 10.3. The van der Waals surface area contributed by atoms with Crippen molar-refractivity contribution in [3.8, 4) is 0 Å². The molecule has 2 rings (SSSR count). The summed E-state index contributed by atoms with van der Waals surface area (Å²) >= 11 is 1.61. The van der Waals surface area contributed by atoms with Gasteiger partial charge in [-0.15, -0.1) is 11.3 Å². The molecule has 0 spiro atoms. The molecule has 0 fully saturated rings. The predicted molar refractivity (Wildman–Crippen MR) is 71.0 cm³/mol. The van der Waals surface area contributed by atoms with Crippen molar-refractivity contribution < 1.29 is 4.79 Å². The topological polar surface area (TPSA) is 43.1 Å². The van der Waals surface area contributed by atoms with Gasteiger partial charge in [0.05, 0.1) is 0 Å². The Hall–Kier alpha value is -1.45. The van der Waals surface area contributed by atoms with Crippen molar-refractivity contribution >= 4 is 17.1 Å². The lowest BCUT2D eigenvalue weighted by atomic mass is 10.0. The van der Waals surface area contributed by atoms with E-state index >= 15 is 0 Å². The highest BCUT2D eigenvalue weighted by Gasteiger charge is 2.12. The second kappa shape index (κ2) is 5.75. The molecule has 1 aromatic carbocycles. The van der Waals surface area contributed by atoms with Gasteiger partial charge in [0, 0.05) is 23.8 Å². The Morgan fingerprint density at radius 3 is 2.59 bits per heavy atom. The van der Waals surface area contributed by atoms with Gasteiger partial charge in [-0.05, 0) is 17.0 Å². The molecule has 0 aliphatic carbocycles. The molecule has 2 nitrogen and oxygen atoms in total. The number of hydrogen-bond acceptors (Lipinski definition) is 3. The van der Waals surface area contributed by atoms with E-state index in [1.807, 2.05) is 47.8 Å². The Kier molecular flexibility index (Phi) is 4.07. The number of ketones is 1. The van der Waals surface area contributed by atoms with E-state index < -0.39 is 0 Å². The van der Waals surface area contributed by atoms with Crippen LogP contribution < -0.4 is 5.73 Å². The largest absolute Gasteiger partial charge is 0.324 e. The number of hydrogen-bond donors (Lipinski definition) is 1. The minimum Gasteiger partial charge on any atom is -0.324 e. The first-order valence-corrected chi connectivity index (χ1v) is 6.48. The van der Waals surface area contributed by atoms with Crippen LogP contribution in [0.5, 0.6) is 0 Å². The Bertz CT molecular complexity index is 464. The van der Waals surface area contributed by atoms with Gasteiger partial charge < -0.3 is 5.73 Å². The Balaban J connectivity index is 1.91. The molecule has 1 heterocycles. The van der Waals surface area contributed by atoms with Gasteiger partial charge in [-0.1, -0.05) is 36.4 Å². The fourth-order valence-corrected chi connectivity index (χ4v) is 2.48. The normalized spacial score (nSPS) is 12.3. The highest BCUT2D eigenvalue weighted by molar-refractivity contribution is 7.10. The molecule has 2 aromatic rings. The number of benzene rings is 1. The van der Waals surface area contributed by atoms with Crippen LogP contribution in [0.15, 0.2) is 47.8 Å². The van der Waals surface area contributed by atoms with Crippen molar-refractivity contribution in [1.29, 1.82) is 0 Å². The number of thiophene rings is 1. The van der Waals surface area contributed by atoms with Crippen LogP contribution in [0.4, 0.5) is 0 Å². The molecule has 0 bridgehead atoms. The van der Waals surface area contributed by atoms with E-state index in [4.69, 9.17) is 5.73 Å². The monoisotopic (exact) mass is 245 g/mol. The van der Waals surface area contributed by atoms with Gasteiger partial charge in [0.2, 0.25) is 0 Å². The van der Waals surface area contributed by atoms with Crippen molar-refractivity contribution in [2.24, 2.45) is 5.73 Å². The van der Waals surface area contributed by atoms with E-state index in [2.05, 4.69) is 0 Å². The van der Waals surface area contributed by atoms with Crippen LogP contribution in [0.3, 0.4) is 0 Å². The van der Waals surface area contributed by atoms with Crippen LogP contribution in [0.1, 0.15) is 22.9 Å². The van der Waals surface area contributed by atoms with Crippen molar-refractivity contribution in [2.45, 2.75) is 18.9 Å². The SMILES string of the molecule is NC(CC(=O)Cc1cccs1)c1ccccc1. The second-order valence-electron chi connectivity index (χ2n) is 4.02. The lowest BCUT2D eigenvalue weighted by molar-refractivity contribution is -0.118. The van der Waals surface area contributed by atoms with E-state index in [1.165, 1.54) is 0 Å². The predicted octanol–water partition coefficient (Wildman–Crippen LogP) is 2.95. The molecular weight excluding hydrogens is 230 g/mol. The number of carbonyl (C=O) groups excluding carboxylic acids is 1. The molecule has 2 N–H and O–H groups in total. The maximum absolute atomic E-state index is 11.8. The van der Waals surface area contributed by atoms with E-state index in [0.717, 1.165) is 10.4 Å². The summed E-state index contributed by atoms with van der Waals surface area (Å²) in [5, 5.41) is 1.99. The average molecular weight is 245 g/mol. The zero-order valence-electron chi connectivity index (χ0n) is 9.50. The van der Waals surface area contributed by atoms with Crippen LogP contribution in [0, 0.1) is 0 Å². The number of nitrogens with two attached hydrogens (primary N) is 1. The summed E-state index contributed by atoms with van der Waals surface area (Å²) in [6.07, 6.45) is 0.903. The van der Waals surface area contributed by atoms with Gasteiger partial charge >= 0.3 is 0 Å². The first kappa shape index (κ1) is 12.0. The van der Waals surface area contributed by atoms with Crippen molar-refractivity contribution in [3.05, 3.63) is 58.3 Å². The fraction of sp³-hybridized carbons (Fsp3) is 0.214. The zero-order chi connectivity index (χ0) is 12.1. The van der Waals surface area contributed by atoms with Crippen molar-refractivity contribution in [3.63, 3.8) is 0 Å². The third kappa shape index (κ3) is 3.51. The van der Waals surface area contributed by atoms with Gasteiger partial charge in [0.25, 0.3) is 0 Å². The maximum Gasteiger partial charge on any atom is 0.139 e. The van der Waals surface area contributed by atoms with E-state index in [-0.39, 0.29) is 11.8 Å². The van der Waals surface area contributed by atoms with E-state index in [9.17, 15) is 4.79 Å². The molecule has 88 valence electrons. The van der Waals surface area contributed by atoms with Gasteiger partial charge in [-0.2, -0.15) is 0 Å². The Labute approximate surface area is 105 Å². The summed E-state index contributed by atoms with van der Waals surface area (Å²) in [6, 6.07) is 13.5. The van der Waals surface area contributed by atoms with Crippen LogP contribution in [0.2, 0.25) is 0 Å². The molecule has 0 saturated heterocycles. The van der Waals surface area contributed by atoms with Gasteiger partial charge in [-0.25, -0.2) is 0 Å². The number of carbonyl (C=O) groups is 1. The molecule has 1 unspecified atom stereocenters. The first-order valence-electron chi connectivity index (χ1n) is 5.60. The Morgan fingerprint density at radius 2 is 1.94 bits per heavy atom. The highest BCUT2D eigenvalue weighted by Crippen LogP contribution is 2.16. The summed E-state index contributed by atoms with van der Waals surface area (Å²) < 4.78 is 0. The molecule has 17 heavy (non-hydrogen) atoms. The highest BCUT2D eigenvalue weighted by atomic mass is 32.1. The lowest BCUT2D eigenvalue weighted by Crippen LogP contribution is -2.16. The van der Waals surface area contributed by atoms with Crippen LogP contribution in [0.25, 0.3) is 0 Å². The summed E-state index contributed by atoms with van der Waals surface area (Å²) in [4.78, 5) is 12.9. The lowest BCUT2D eigenvalue weighted by Gasteiger charge is -2.10. The molecule has 0 radical (unpaired) electrons. The van der Waals surface area contributed by atoms with Gasteiger partial charge in [0.1, 0.15) is 5.78 Å². The average Bonchev–Trinajstić information content (AvgIpc) is 2.82. The van der Waals surface area contributed by atoms with E-state index in [1.54, 1.807) is 11.3 Å².